The zero-order valence-electron chi connectivity index (χ0n) is 22.0. The van der Waals surface area contributed by atoms with Crippen LogP contribution in [0.1, 0.15) is 50.2 Å². The van der Waals surface area contributed by atoms with Gasteiger partial charge in [0.1, 0.15) is 0 Å². The first-order valence-corrected chi connectivity index (χ1v) is 13.2. The van der Waals surface area contributed by atoms with Crippen LogP contribution in [0.4, 0.5) is 26.3 Å². The number of hydrogen-bond acceptors (Lipinski definition) is 3. The highest BCUT2D eigenvalue weighted by Gasteiger charge is 2.39. The molecule has 1 N–H and O–H groups in total. The molecule has 11 heteroatoms. The molecule has 42 heavy (non-hydrogen) atoms. The minimum absolute atomic E-state index is 0.00278. The van der Waals surface area contributed by atoms with E-state index in [1.54, 1.807) is 48.5 Å². The molecule has 1 unspecified atom stereocenters. The predicted octanol–water partition coefficient (Wildman–Crippen LogP) is 6.92. The predicted molar refractivity (Wildman–Crippen MR) is 144 cm³/mol. The molecule has 4 aromatic rings. The van der Waals surface area contributed by atoms with Crippen molar-refractivity contribution in [2.75, 3.05) is 6.54 Å². The molecule has 0 spiro atoms. The second kappa shape index (κ2) is 11.5. The van der Waals surface area contributed by atoms with Crippen LogP contribution in [0.15, 0.2) is 85.1 Å². The Bertz CT molecular complexity index is 1570. The summed E-state index contributed by atoms with van der Waals surface area (Å²) in [5.41, 5.74) is -1.90. The molecule has 1 fully saturated rings. The summed E-state index contributed by atoms with van der Waals surface area (Å²) in [5, 5.41) is 3.66. The second-order valence-corrected chi connectivity index (χ2v) is 10.2. The summed E-state index contributed by atoms with van der Waals surface area (Å²) < 4.78 is 80.9. The molecule has 0 aliphatic carbocycles. The molecule has 1 aromatic heterocycles. The van der Waals surface area contributed by atoms with E-state index in [1.807, 2.05) is 12.1 Å². The standard InChI is InChI=1S/C31H25F6N3O2/c32-30(33,34)21-15-20(16-22(17-21)31(35,36)37)29(42)40-13-11-23(18-24(40)14-19-6-2-1-3-7-19)39-28(41)26-10-12-38-27-9-5-4-8-25(26)27/h1-10,12,15-17,23-24H,11,13-14,18H2,(H,39,41)/t23?,24-/m1/s1. The van der Waals surface area contributed by atoms with Crippen LogP contribution in [0.2, 0.25) is 0 Å². The maximum Gasteiger partial charge on any atom is 0.416 e. The van der Waals surface area contributed by atoms with Crippen LogP contribution in [-0.4, -0.2) is 40.3 Å². The van der Waals surface area contributed by atoms with E-state index < -0.39 is 47.0 Å². The van der Waals surface area contributed by atoms with Crippen LogP contribution in [0.3, 0.4) is 0 Å². The second-order valence-electron chi connectivity index (χ2n) is 10.2. The molecule has 1 saturated heterocycles. The van der Waals surface area contributed by atoms with E-state index in [0.29, 0.717) is 35.0 Å². The fraction of sp³-hybridized carbons (Fsp3) is 0.258. The van der Waals surface area contributed by atoms with Gasteiger partial charge in [-0.1, -0.05) is 48.5 Å². The summed E-state index contributed by atoms with van der Waals surface area (Å²) in [6.45, 7) is 0.0238. The third-order valence-corrected chi connectivity index (χ3v) is 7.35. The summed E-state index contributed by atoms with van der Waals surface area (Å²) in [4.78, 5) is 32.4. The van der Waals surface area contributed by atoms with Crippen molar-refractivity contribution in [3.8, 4) is 0 Å². The van der Waals surface area contributed by atoms with Crippen molar-refractivity contribution in [3.05, 3.63) is 113 Å². The molecule has 1 aliphatic heterocycles. The lowest BCUT2D eigenvalue weighted by molar-refractivity contribution is -0.143. The van der Waals surface area contributed by atoms with Gasteiger partial charge in [-0.05, 0) is 55.2 Å². The number of aromatic nitrogens is 1. The van der Waals surface area contributed by atoms with Crippen molar-refractivity contribution in [2.45, 2.75) is 43.7 Å². The van der Waals surface area contributed by atoms with E-state index >= 15 is 0 Å². The number of amides is 2. The normalized spacial score (nSPS) is 17.7. The van der Waals surface area contributed by atoms with E-state index in [2.05, 4.69) is 10.3 Å². The van der Waals surface area contributed by atoms with Gasteiger partial charge in [-0.15, -0.1) is 0 Å². The smallest absolute Gasteiger partial charge is 0.349 e. The molecule has 218 valence electrons. The van der Waals surface area contributed by atoms with E-state index in [4.69, 9.17) is 0 Å². The lowest BCUT2D eigenvalue weighted by Gasteiger charge is -2.40. The van der Waals surface area contributed by atoms with Gasteiger partial charge in [0.05, 0.1) is 22.2 Å². The lowest BCUT2D eigenvalue weighted by Crippen LogP contribution is -2.52. The summed E-state index contributed by atoms with van der Waals surface area (Å²) in [6, 6.07) is 17.7. The number of pyridine rings is 1. The van der Waals surface area contributed by atoms with Crippen molar-refractivity contribution >= 4 is 22.7 Å². The number of carbonyl (C=O) groups excluding carboxylic acids is 2. The van der Waals surface area contributed by atoms with Crippen molar-refractivity contribution in [3.63, 3.8) is 0 Å². The summed E-state index contributed by atoms with van der Waals surface area (Å²) >= 11 is 0. The highest BCUT2D eigenvalue weighted by Crippen LogP contribution is 2.37. The maximum absolute atomic E-state index is 13.6. The SMILES string of the molecule is O=C(NC1CCN(C(=O)c2cc(C(F)(F)F)cc(C(F)(F)F)c2)[C@H](Cc2ccccc2)C1)c1ccnc2ccccc12. The largest absolute Gasteiger partial charge is 0.416 e. The Morgan fingerprint density at radius 1 is 0.857 bits per heavy atom. The minimum atomic E-state index is -5.08. The first-order valence-electron chi connectivity index (χ1n) is 13.2. The van der Waals surface area contributed by atoms with Gasteiger partial charge in [0, 0.05) is 35.8 Å². The number of carbonyl (C=O) groups is 2. The van der Waals surface area contributed by atoms with E-state index in [1.165, 1.54) is 11.1 Å². The number of fused-ring (bicyclic) bond motifs is 1. The van der Waals surface area contributed by atoms with Crippen LogP contribution in [0, 0.1) is 0 Å². The van der Waals surface area contributed by atoms with E-state index in [0.717, 1.165) is 5.56 Å². The minimum Gasteiger partial charge on any atom is -0.349 e. The van der Waals surface area contributed by atoms with Gasteiger partial charge in [0.2, 0.25) is 0 Å². The van der Waals surface area contributed by atoms with Gasteiger partial charge >= 0.3 is 12.4 Å². The van der Waals surface area contributed by atoms with Crippen molar-refractivity contribution in [1.29, 1.82) is 0 Å². The van der Waals surface area contributed by atoms with Crippen LogP contribution >= 0.6 is 0 Å². The lowest BCUT2D eigenvalue weighted by atomic mass is 9.91. The Labute approximate surface area is 237 Å². The van der Waals surface area contributed by atoms with Gasteiger partial charge in [-0.2, -0.15) is 26.3 Å². The van der Waals surface area contributed by atoms with Crippen LogP contribution in [0.5, 0.6) is 0 Å². The van der Waals surface area contributed by atoms with Crippen molar-refractivity contribution in [2.24, 2.45) is 0 Å². The summed E-state index contributed by atoms with van der Waals surface area (Å²) in [6.07, 6.45) is -7.82. The molecule has 3 aromatic carbocycles. The number of benzene rings is 3. The quantitative estimate of drug-likeness (QED) is 0.259. The summed E-state index contributed by atoms with van der Waals surface area (Å²) in [5.74, 6) is -1.28. The number of likely N-dealkylation sites (tertiary alicyclic amines) is 1. The third-order valence-electron chi connectivity index (χ3n) is 7.35. The van der Waals surface area contributed by atoms with Gasteiger partial charge in [-0.3, -0.25) is 14.6 Å². The van der Waals surface area contributed by atoms with Gasteiger partial charge < -0.3 is 10.2 Å². The topological polar surface area (TPSA) is 62.3 Å². The number of nitrogens with one attached hydrogen (secondary N) is 1. The Balaban J connectivity index is 1.43. The summed E-state index contributed by atoms with van der Waals surface area (Å²) in [7, 11) is 0. The number of para-hydroxylation sites is 1. The molecule has 1 aliphatic rings. The van der Waals surface area contributed by atoms with Crippen LogP contribution in [-0.2, 0) is 18.8 Å². The number of rotatable bonds is 5. The van der Waals surface area contributed by atoms with E-state index in [-0.39, 0.29) is 31.4 Å². The highest BCUT2D eigenvalue weighted by atomic mass is 19.4. The number of hydrogen-bond donors (Lipinski definition) is 1. The molecule has 2 atom stereocenters. The van der Waals surface area contributed by atoms with Crippen molar-refractivity contribution in [1.82, 2.24) is 15.2 Å². The fourth-order valence-corrected chi connectivity index (χ4v) is 5.33. The molecule has 5 nitrogen and oxygen atoms in total. The first-order chi connectivity index (χ1) is 19.9. The molecular formula is C31H25F6N3O2. The molecule has 2 heterocycles. The first kappa shape index (κ1) is 29.1. The number of nitrogens with zero attached hydrogens (tertiary/aromatic N) is 2. The van der Waals surface area contributed by atoms with Gasteiger partial charge in [-0.25, -0.2) is 0 Å². The Kier molecular flexibility index (Phi) is 7.94. The third kappa shape index (κ3) is 6.40. The van der Waals surface area contributed by atoms with Gasteiger partial charge in [0.25, 0.3) is 11.8 Å². The molecule has 0 radical (unpaired) electrons. The monoisotopic (exact) mass is 585 g/mol. The molecular weight excluding hydrogens is 560 g/mol. The Morgan fingerprint density at radius 3 is 2.17 bits per heavy atom. The van der Waals surface area contributed by atoms with Crippen LogP contribution < -0.4 is 5.32 Å². The maximum atomic E-state index is 13.6. The highest BCUT2D eigenvalue weighted by molar-refractivity contribution is 6.06. The number of piperidine rings is 1. The zero-order chi connectivity index (χ0) is 30.1. The molecule has 5 rings (SSSR count). The number of alkyl halides is 6. The molecule has 0 saturated carbocycles. The Hall–Kier alpha value is -4.41. The average molecular weight is 586 g/mol. The van der Waals surface area contributed by atoms with Crippen molar-refractivity contribution < 1.29 is 35.9 Å². The molecule has 2 amide bonds. The van der Waals surface area contributed by atoms with Gasteiger partial charge in [0.15, 0.2) is 0 Å². The van der Waals surface area contributed by atoms with E-state index in [9.17, 15) is 35.9 Å². The molecule has 0 bridgehead atoms. The average Bonchev–Trinajstić information content (AvgIpc) is 2.96. The zero-order valence-corrected chi connectivity index (χ0v) is 22.0. The van der Waals surface area contributed by atoms with Crippen LogP contribution in [0.25, 0.3) is 10.9 Å². The number of halogens is 6. The fourth-order valence-electron chi connectivity index (χ4n) is 5.33. The Morgan fingerprint density at radius 2 is 1.50 bits per heavy atom.